The highest BCUT2D eigenvalue weighted by Crippen LogP contribution is 2.31. The molecule has 2 heteroatoms. The molecule has 0 saturated heterocycles. The Morgan fingerprint density at radius 3 is 2.27 bits per heavy atom. The van der Waals surface area contributed by atoms with Gasteiger partial charge >= 0.3 is 0 Å². The Kier molecular flexibility index (Phi) is 3.20. The Morgan fingerprint density at radius 2 is 1.67 bits per heavy atom. The van der Waals surface area contributed by atoms with Crippen LogP contribution >= 0.6 is 11.6 Å². The topological polar surface area (TPSA) is 12.0 Å². The van der Waals surface area contributed by atoms with Gasteiger partial charge in [-0.15, -0.1) is 0 Å². The molecule has 0 aromatic heterocycles. The van der Waals surface area contributed by atoms with E-state index >= 15 is 0 Å². The van der Waals surface area contributed by atoms with Crippen LogP contribution in [0.25, 0.3) is 0 Å². The minimum Gasteiger partial charge on any atom is -0.380 e. The molecule has 1 N–H and O–H groups in total. The fourth-order valence-corrected chi connectivity index (χ4v) is 2.46. The molecular formula is C13H18ClN. The van der Waals surface area contributed by atoms with E-state index in [9.17, 15) is 0 Å². The van der Waals surface area contributed by atoms with E-state index in [1.54, 1.807) is 0 Å². The summed E-state index contributed by atoms with van der Waals surface area (Å²) >= 11 is 5.86. The van der Waals surface area contributed by atoms with Crippen LogP contribution < -0.4 is 5.32 Å². The zero-order chi connectivity index (χ0) is 10.7. The Labute approximate surface area is 96.8 Å². The summed E-state index contributed by atoms with van der Waals surface area (Å²) in [6.45, 7) is 2.32. The molecule has 2 rings (SSSR count). The fraction of sp³-hybridized carbons (Fsp3) is 0.538. The van der Waals surface area contributed by atoms with E-state index < -0.39 is 0 Å². The molecule has 0 amide bonds. The first kappa shape index (κ1) is 10.8. The maximum atomic E-state index is 5.86. The Morgan fingerprint density at radius 1 is 1.07 bits per heavy atom. The number of rotatable bonds is 2. The van der Waals surface area contributed by atoms with Gasteiger partial charge in [0.2, 0.25) is 0 Å². The Hall–Kier alpha value is -0.690. The predicted octanol–water partition coefficient (Wildman–Crippen LogP) is 4.47. The van der Waals surface area contributed by atoms with E-state index in [-0.39, 0.29) is 5.54 Å². The minimum atomic E-state index is 0.284. The molecule has 0 atom stereocenters. The molecule has 0 bridgehead atoms. The Balaban J connectivity index is 2.03. The van der Waals surface area contributed by atoms with Crippen molar-refractivity contribution in [2.24, 2.45) is 0 Å². The van der Waals surface area contributed by atoms with Crippen LogP contribution in [-0.2, 0) is 0 Å². The summed E-state index contributed by atoms with van der Waals surface area (Å²) in [5.74, 6) is 0. The number of hydrogen-bond donors (Lipinski definition) is 1. The average Bonchev–Trinajstić information content (AvgIpc) is 2.22. The average molecular weight is 224 g/mol. The molecule has 15 heavy (non-hydrogen) atoms. The first-order valence-electron chi connectivity index (χ1n) is 5.72. The largest absolute Gasteiger partial charge is 0.380 e. The molecule has 1 aromatic carbocycles. The van der Waals surface area contributed by atoms with Gasteiger partial charge in [0.25, 0.3) is 0 Å². The van der Waals surface area contributed by atoms with Gasteiger partial charge in [0.1, 0.15) is 0 Å². The molecule has 1 nitrogen and oxygen atoms in total. The maximum absolute atomic E-state index is 5.86. The third-order valence-electron chi connectivity index (χ3n) is 3.25. The van der Waals surface area contributed by atoms with Crippen molar-refractivity contribution < 1.29 is 0 Å². The van der Waals surface area contributed by atoms with Crippen LogP contribution in [0.4, 0.5) is 5.69 Å². The van der Waals surface area contributed by atoms with Gasteiger partial charge < -0.3 is 5.32 Å². The highest BCUT2D eigenvalue weighted by atomic mass is 35.5. The molecule has 1 fully saturated rings. The molecular weight excluding hydrogens is 206 g/mol. The Bertz CT molecular complexity index is 312. The van der Waals surface area contributed by atoms with Crippen molar-refractivity contribution in [2.45, 2.75) is 44.6 Å². The second kappa shape index (κ2) is 4.44. The van der Waals surface area contributed by atoms with E-state index in [1.807, 2.05) is 12.1 Å². The normalized spacial score (nSPS) is 19.9. The fourth-order valence-electron chi connectivity index (χ4n) is 2.34. The van der Waals surface area contributed by atoms with E-state index in [0.29, 0.717) is 0 Å². The van der Waals surface area contributed by atoms with E-state index in [4.69, 9.17) is 11.6 Å². The second-order valence-corrected chi connectivity index (χ2v) is 5.19. The summed E-state index contributed by atoms with van der Waals surface area (Å²) in [6, 6.07) is 8.00. The van der Waals surface area contributed by atoms with Gasteiger partial charge in [0.15, 0.2) is 0 Å². The lowest BCUT2D eigenvalue weighted by atomic mass is 9.83. The molecule has 0 spiro atoms. The minimum absolute atomic E-state index is 0.284. The molecule has 0 unspecified atom stereocenters. The lowest BCUT2D eigenvalue weighted by Crippen LogP contribution is -2.36. The van der Waals surface area contributed by atoms with Crippen molar-refractivity contribution in [3.8, 4) is 0 Å². The maximum Gasteiger partial charge on any atom is 0.0407 e. The zero-order valence-corrected chi connectivity index (χ0v) is 9.98. The summed E-state index contributed by atoms with van der Waals surface area (Å²) in [6.07, 6.45) is 6.62. The highest BCUT2D eigenvalue weighted by Gasteiger charge is 2.25. The lowest BCUT2D eigenvalue weighted by molar-refractivity contribution is 0.349. The lowest BCUT2D eigenvalue weighted by Gasteiger charge is -2.35. The van der Waals surface area contributed by atoms with Gasteiger partial charge in [-0.2, -0.15) is 0 Å². The molecule has 1 saturated carbocycles. The van der Waals surface area contributed by atoms with Crippen LogP contribution in [0.1, 0.15) is 39.0 Å². The third kappa shape index (κ3) is 2.88. The van der Waals surface area contributed by atoms with Gasteiger partial charge in [-0.1, -0.05) is 30.9 Å². The first-order chi connectivity index (χ1) is 7.18. The zero-order valence-electron chi connectivity index (χ0n) is 9.22. The van der Waals surface area contributed by atoms with Crippen LogP contribution in [0.15, 0.2) is 24.3 Å². The van der Waals surface area contributed by atoms with E-state index in [1.165, 1.54) is 37.8 Å². The first-order valence-corrected chi connectivity index (χ1v) is 6.10. The summed E-state index contributed by atoms with van der Waals surface area (Å²) in [5.41, 5.74) is 1.47. The standard InChI is InChI=1S/C13H18ClN/c1-13(9-3-2-4-10-13)15-12-7-5-11(14)6-8-12/h5-8,15H,2-4,9-10H2,1H3. The predicted molar refractivity (Wildman–Crippen MR) is 66.6 cm³/mol. The summed E-state index contributed by atoms with van der Waals surface area (Å²) < 4.78 is 0. The third-order valence-corrected chi connectivity index (χ3v) is 3.50. The number of halogens is 1. The highest BCUT2D eigenvalue weighted by molar-refractivity contribution is 6.30. The molecule has 0 heterocycles. The molecule has 0 aliphatic heterocycles. The van der Waals surface area contributed by atoms with Crippen LogP contribution in [-0.4, -0.2) is 5.54 Å². The molecule has 1 aromatic rings. The smallest absolute Gasteiger partial charge is 0.0407 e. The number of hydrogen-bond acceptors (Lipinski definition) is 1. The quantitative estimate of drug-likeness (QED) is 0.780. The van der Waals surface area contributed by atoms with Crippen molar-refractivity contribution >= 4 is 17.3 Å². The van der Waals surface area contributed by atoms with Crippen molar-refractivity contribution in [3.63, 3.8) is 0 Å². The second-order valence-electron chi connectivity index (χ2n) is 4.75. The molecule has 82 valence electrons. The van der Waals surface area contributed by atoms with Crippen molar-refractivity contribution in [1.29, 1.82) is 0 Å². The number of nitrogens with one attached hydrogen (secondary N) is 1. The van der Waals surface area contributed by atoms with Crippen LogP contribution in [0.3, 0.4) is 0 Å². The number of benzene rings is 1. The van der Waals surface area contributed by atoms with Gasteiger partial charge in [0, 0.05) is 16.2 Å². The monoisotopic (exact) mass is 223 g/mol. The van der Waals surface area contributed by atoms with Gasteiger partial charge in [-0.05, 0) is 44.0 Å². The van der Waals surface area contributed by atoms with Gasteiger partial charge in [0.05, 0.1) is 0 Å². The summed E-state index contributed by atoms with van der Waals surface area (Å²) in [7, 11) is 0. The summed E-state index contributed by atoms with van der Waals surface area (Å²) in [5, 5.41) is 4.43. The van der Waals surface area contributed by atoms with Crippen LogP contribution in [0.5, 0.6) is 0 Å². The van der Waals surface area contributed by atoms with E-state index in [0.717, 1.165) is 5.02 Å². The molecule has 0 radical (unpaired) electrons. The van der Waals surface area contributed by atoms with Gasteiger partial charge in [-0.3, -0.25) is 0 Å². The van der Waals surface area contributed by atoms with Crippen molar-refractivity contribution in [1.82, 2.24) is 0 Å². The van der Waals surface area contributed by atoms with Crippen molar-refractivity contribution in [3.05, 3.63) is 29.3 Å². The van der Waals surface area contributed by atoms with Crippen molar-refractivity contribution in [2.75, 3.05) is 5.32 Å². The van der Waals surface area contributed by atoms with Crippen LogP contribution in [0.2, 0.25) is 5.02 Å². The molecule has 1 aliphatic rings. The summed E-state index contributed by atoms with van der Waals surface area (Å²) in [4.78, 5) is 0. The van der Waals surface area contributed by atoms with Crippen LogP contribution in [0, 0.1) is 0 Å². The SMILES string of the molecule is CC1(Nc2ccc(Cl)cc2)CCCCC1. The van der Waals surface area contributed by atoms with Gasteiger partial charge in [-0.25, -0.2) is 0 Å². The number of anilines is 1. The molecule has 1 aliphatic carbocycles. The van der Waals surface area contributed by atoms with E-state index in [2.05, 4.69) is 24.4 Å².